The highest BCUT2D eigenvalue weighted by molar-refractivity contribution is 9.10. The highest BCUT2D eigenvalue weighted by atomic mass is 79.9. The summed E-state index contributed by atoms with van der Waals surface area (Å²) in [5, 5.41) is 4.55. The summed E-state index contributed by atoms with van der Waals surface area (Å²) < 4.78 is 2.91. The third-order valence-electron chi connectivity index (χ3n) is 2.64. The monoisotopic (exact) mass is 293 g/mol. The van der Waals surface area contributed by atoms with Crippen molar-refractivity contribution in [3.05, 3.63) is 46.2 Å². The van der Waals surface area contributed by atoms with Crippen LogP contribution in [-0.2, 0) is 6.54 Å². The van der Waals surface area contributed by atoms with Crippen molar-refractivity contribution in [2.75, 3.05) is 0 Å². The van der Waals surface area contributed by atoms with Gasteiger partial charge in [0.25, 0.3) is 0 Å². The molecule has 0 amide bonds. The van der Waals surface area contributed by atoms with E-state index < -0.39 is 0 Å². The van der Waals surface area contributed by atoms with Gasteiger partial charge in [-0.15, -0.1) is 0 Å². The fourth-order valence-corrected chi connectivity index (χ4v) is 2.20. The lowest BCUT2D eigenvalue weighted by Crippen LogP contribution is -2.01. The fraction of sp³-hybridized carbons (Fsp3) is 0.308. The molecule has 90 valence electrons. The SMILES string of the molecule is CC(C)c1ccn(-c2cc(Br)cc(CN)c2)n1. The third kappa shape index (κ3) is 2.76. The van der Waals surface area contributed by atoms with E-state index in [0.717, 1.165) is 21.4 Å². The molecule has 0 saturated carbocycles. The van der Waals surface area contributed by atoms with Gasteiger partial charge in [0.05, 0.1) is 11.4 Å². The van der Waals surface area contributed by atoms with Gasteiger partial charge in [-0.2, -0.15) is 5.10 Å². The lowest BCUT2D eigenvalue weighted by atomic mass is 10.1. The molecule has 0 radical (unpaired) electrons. The van der Waals surface area contributed by atoms with Gasteiger partial charge in [-0.1, -0.05) is 29.8 Å². The lowest BCUT2D eigenvalue weighted by Gasteiger charge is -2.06. The Balaban J connectivity index is 2.41. The van der Waals surface area contributed by atoms with E-state index in [1.807, 2.05) is 29.1 Å². The van der Waals surface area contributed by atoms with Crippen molar-refractivity contribution < 1.29 is 0 Å². The van der Waals surface area contributed by atoms with Crippen LogP contribution in [0, 0.1) is 0 Å². The molecule has 1 aromatic carbocycles. The van der Waals surface area contributed by atoms with Gasteiger partial charge in [0.1, 0.15) is 0 Å². The molecule has 2 N–H and O–H groups in total. The number of rotatable bonds is 3. The Morgan fingerprint density at radius 1 is 1.35 bits per heavy atom. The van der Waals surface area contributed by atoms with E-state index in [2.05, 4.69) is 40.9 Å². The first kappa shape index (κ1) is 12.3. The first-order valence-electron chi connectivity index (χ1n) is 5.65. The van der Waals surface area contributed by atoms with Gasteiger partial charge in [-0.3, -0.25) is 0 Å². The van der Waals surface area contributed by atoms with Crippen LogP contribution in [0.25, 0.3) is 5.69 Å². The minimum atomic E-state index is 0.442. The Bertz CT molecular complexity index is 517. The van der Waals surface area contributed by atoms with Crippen molar-refractivity contribution in [1.29, 1.82) is 0 Å². The van der Waals surface area contributed by atoms with Crippen LogP contribution in [0.2, 0.25) is 0 Å². The van der Waals surface area contributed by atoms with Gasteiger partial charge in [-0.05, 0) is 35.7 Å². The molecule has 1 aromatic heterocycles. The van der Waals surface area contributed by atoms with Crippen LogP contribution in [0.3, 0.4) is 0 Å². The van der Waals surface area contributed by atoms with E-state index >= 15 is 0 Å². The average molecular weight is 294 g/mol. The van der Waals surface area contributed by atoms with E-state index in [4.69, 9.17) is 5.73 Å². The van der Waals surface area contributed by atoms with E-state index in [1.54, 1.807) is 0 Å². The van der Waals surface area contributed by atoms with E-state index in [9.17, 15) is 0 Å². The standard InChI is InChI=1S/C13H16BrN3/c1-9(2)13-3-4-17(16-13)12-6-10(8-15)5-11(14)7-12/h3-7,9H,8,15H2,1-2H3. The van der Waals surface area contributed by atoms with Crippen molar-refractivity contribution in [3.63, 3.8) is 0 Å². The number of benzene rings is 1. The molecule has 0 bridgehead atoms. The third-order valence-corrected chi connectivity index (χ3v) is 3.10. The molecule has 0 aliphatic rings. The van der Waals surface area contributed by atoms with E-state index in [0.29, 0.717) is 12.5 Å². The first-order valence-corrected chi connectivity index (χ1v) is 6.45. The summed E-state index contributed by atoms with van der Waals surface area (Å²) >= 11 is 3.49. The van der Waals surface area contributed by atoms with E-state index in [1.165, 1.54) is 0 Å². The minimum absolute atomic E-state index is 0.442. The summed E-state index contributed by atoms with van der Waals surface area (Å²) in [5.74, 6) is 0.442. The molecule has 2 aromatic rings. The van der Waals surface area contributed by atoms with Crippen molar-refractivity contribution in [2.45, 2.75) is 26.3 Å². The molecule has 17 heavy (non-hydrogen) atoms. The quantitative estimate of drug-likeness (QED) is 0.944. The molecule has 2 rings (SSSR count). The van der Waals surface area contributed by atoms with Gasteiger partial charge < -0.3 is 5.73 Å². The molecular formula is C13H16BrN3. The maximum absolute atomic E-state index is 5.67. The molecule has 0 spiro atoms. The van der Waals surface area contributed by atoms with Crippen LogP contribution in [0.15, 0.2) is 34.9 Å². The number of nitrogens with two attached hydrogens (primary N) is 1. The van der Waals surface area contributed by atoms with Crippen molar-refractivity contribution in [2.24, 2.45) is 5.73 Å². The normalized spacial score (nSPS) is 11.1. The van der Waals surface area contributed by atoms with Gasteiger partial charge in [0, 0.05) is 17.2 Å². The first-order chi connectivity index (χ1) is 8.10. The Morgan fingerprint density at radius 3 is 2.71 bits per heavy atom. The highest BCUT2D eigenvalue weighted by Crippen LogP contribution is 2.20. The van der Waals surface area contributed by atoms with Crippen LogP contribution in [0.1, 0.15) is 31.0 Å². The number of halogens is 1. The zero-order valence-corrected chi connectivity index (χ0v) is 11.6. The Labute approximate surface area is 110 Å². The second-order valence-corrected chi connectivity index (χ2v) is 5.28. The molecule has 1 heterocycles. The number of aromatic nitrogens is 2. The van der Waals surface area contributed by atoms with E-state index in [-0.39, 0.29) is 0 Å². The Morgan fingerprint density at radius 2 is 2.12 bits per heavy atom. The lowest BCUT2D eigenvalue weighted by molar-refractivity contribution is 0.767. The molecule has 3 nitrogen and oxygen atoms in total. The second-order valence-electron chi connectivity index (χ2n) is 4.36. The molecule has 4 heteroatoms. The van der Waals surface area contributed by atoms with Gasteiger partial charge in [0.15, 0.2) is 0 Å². The summed E-state index contributed by atoms with van der Waals surface area (Å²) in [4.78, 5) is 0. The number of hydrogen-bond donors (Lipinski definition) is 1. The zero-order chi connectivity index (χ0) is 12.4. The smallest absolute Gasteiger partial charge is 0.0660 e. The van der Waals surface area contributed by atoms with Crippen LogP contribution in [0.5, 0.6) is 0 Å². The van der Waals surface area contributed by atoms with Gasteiger partial charge in [0.2, 0.25) is 0 Å². The van der Waals surface area contributed by atoms with Crippen molar-refractivity contribution >= 4 is 15.9 Å². The Kier molecular flexibility index (Phi) is 3.64. The van der Waals surface area contributed by atoms with Crippen LogP contribution in [-0.4, -0.2) is 9.78 Å². The summed E-state index contributed by atoms with van der Waals surface area (Å²) in [7, 11) is 0. The number of nitrogens with zero attached hydrogens (tertiary/aromatic N) is 2. The van der Waals surface area contributed by atoms with Crippen molar-refractivity contribution in [1.82, 2.24) is 9.78 Å². The summed E-state index contributed by atoms with van der Waals surface area (Å²) in [6, 6.07) is 8.17. The molecule has 0 atom stereocenters. The topological polar surface area (TPSA) is 43.8 Å². The zero-order valence-electron chi connectivity index (χ0n) is 10.0. The summed E-state index contributed by atoms with van der Waals surface area (Å²) in [6.45, 7) is 4.81. The van der Waals surface area contributed by atoms with Crippen molar-refractivity contribution in [3.8, 4) is 5.69 Å². The Hall–Kier alpha value is -1.13. The predicted molar refractivity (Wildman–Crippen MR) is 73.2 cm³/mol. The maximum atomic E-state index is 5.67. The highest BCUT2D eigenvalue weighted by Gasteiger charge is 2.06. The minimum Gasteiger partial charge on any atom is -0.326 e. The molecule has 0 unspecified atom stereocenters. The van der Waals surface area contributed by atoms with Gasteiger partial charge >= 0.3 is 0 Å². The second kappa shape index (κ2) is 5.02. The molecule has 0 saturated heterocycles. The number of hydrogen-bond acceptors (Lipinski definition) is 2. The summed E-state index contributed by atoms with van der Waals surface area (Å²) in [6.07, 6.45) is 1.98. The van der Waals surface area contributed by atoms with Crippen LogP contribution >= 0.6 is 15.9 Å². The predicted octanol–water partition coefficient (Wildman–Crippen LogP) is 3.22. The van der Waals surface area contributed by atoms with Gasteiger partial charge in [-0.25, -0.2) is 4.68 Å². The fourth-order valence-electron chi connectivity index (χ4n) is 1.67. The summed E-state index contributed by atoms with van der Waals surface area (Å²) in [5.41, 5.74) is 8.89. The van der Waals surface area contributed by atoms with Crippen LogP contribution < -0.4 is 5.73 Å². The molecule has 0 aliphatic heterocycles. The maximum Gasteiger partial charge on any atom is 0.0660 e. The molecule has 0 fully saturated rings. The largest absolute Gasteiger partial charge is 0.326 e. The molecular weight excluding hydrogens is 278 g/mol. The molecule has 0 aliphatic carbocycles. The average Bonchev–Trinajstić information content (AvgIpc) is 2.77. The van der Waals surface area contributed by atoms with Crippen LogP contribution in [0.4, 0.5) is 0 Å².